The van der Waals surface area contributed by atoms with Crippen molar-refractivity contribution in [3.8, 4) is 11.5 Å². The lowest BCUT2D eigenvalue weighted by molar-refractivity contribution is 0.478. The first-order valence-electron chi connectivity index (χ1n) is 6.42. The Kier molecular flexibility index (Phi) is 5.24. The topological polar surface area (TPSA) is 34.1 Å². The van der Waals surface area contributed by atoms with Gasteiger partial charge in [-0.2, -0.15) is 0 Å². The maximum Gasteiger partial charge on any atom is 0.146 e. The van der Waals surface area contributed by atoms with Crippen molar-refractivity contribution in [3.63, 3.8) is 0 Å². The van der Waals surface area contributed by atoms with Gasteiger partial charge in [0.05, 0.1) is 16.9 Å². The molecule has 2 aromatic rings. The van der Waals surface area contributed by atoms with Crippen LogP contribution in [0.3, 0.4) is 0 Å². The van der Waals surface area contributed by atoms with Crippen molar-refractivity contribution >= 4 is 23.2 Å². The van der Waals surface area contributed by atoms with Crippen LogP contribution >= 0.6 is 23.2 Å². The molecular formula is C15H16Cl2N2O. The van der Waals surface area contributed by atoms with Crippen molar-refractivity contribution in [2.45, 2.75) is 19.9 Å². The minimum atomic E-state index is 0.216. The molecule has 3 nitrogen and oxygen atoms in total. The van der Waals surface area contributed by atoms with Gasteiger partial charge in [0.25, 0.3) is 0 Å². The van der Waals surface area contributed by atoms with E-state index >= 15 is 0 Å². The van der Waals surface area contributed by atoms with Crippen LogP contribution in [0.4, 0.5) is 0 Å². The summed E-state index contributed by atoms with van der Waals surface area (Å²) in [7, 11) is 0. The summed E-state index contributed by atoms with van der Waals surface area (Å²) in [6.07, 6.45) is 1.69. The van der Waals surface area contributed by atoms with E-state index in [-0.39, 0.29) is 6.04 Å². The minimum absolute atomic E-state index is 0.216. The van der Waals surface area contributed by atoms with Crippen LogP contribution in [0, 0.1) is 0 Å². The molecule has 1 aromatic carbocycles. The summed E-state index contributed by atoms with van der Waals surface area (Å²) in [6.45, 7) is 5.04. The monoisotopic (exact) mass is 310 g/mol. The van der Waals surface area contributed by atoms with Crippen LogP contribution < -0.4 is 10.1 Å². The molecule has 106 valence electrons. The Morgan fingerprint density at radius 1 is 1.25 bits per heavy atom. The first-order chi connectivity index (χ1) is 9.60. The molecule has 1 atom stereocenters. The van der Waals surface area contributed by atoms with Gasteiger partial charge in [-0.3, -0.25) is 4.98 Å². The van der Waals surface area contributed by atoms with Gasteiger partial charge in [-0.15, -0.1) is 0 Å². The quantitative estimate of drug-likeness (QED) is 0.857. The normalized spacial score (nSPS) is 12.2. The van der Waals surface area contributed by atoms with E-state index < -0.39 is 0 Å². The third-order valence-electron chi connectivity index (χ3n) is 2.83. The van der Waals surface area contributed by atoms with Crippen LogP contribution in [-0.2, 0) is 0 Å². The molecule has 5 heteroatoms. The molecule has 0 amide bonds. The van der Waals surface area contributed by atoms with Crippen molar-refractivity contribution in [2.75, 3.05) is 6.54 Å². The van der Waals surface area contributed by atoms with E-state index in [4.69, 9.17) is 27.9 Å². The Morgan fingerprint density at radius 3 is 2.65 bits per heavy atom. The van der Waals surface area contributed by atoms with Gasteiger partial charge >= 0.3 is 0 Å². The van der Waals surface area contributed by atoms with Crippen LogP contribution in [0.5, 0.6) is 11.5 Å². The molecule has 0 bridgehead atoms. The molecule has 0 fully saturated rings. The van der Waals surface area contributed by atoms with E-state index in [0.29, 0.717) is 21.5 Å². The van der Waals surface area contributed by atoms with Gasteiger partial charge in [0, 0.05) is 11.1 Å². The Bertz CT molecular complexity index is 573. The third-order valence-corrected chi connectivity index (χ3v) is 3.37. The molecular weight excluding hydrogens is 295 g/mol. The maximum atomic E-state index is 6.06. The number of halogens is 2. The fourth-order valence-electron chi connectivity index (χ4n) is 1.80. The Hall–Kier alpha value is -1.29. The second-order valence-corrected chi connectivity index (χ2v) is 5.22. The summed E-state index contributed by atoms with van der Waals surface area (Å²) in [5.74, 6) is 1.20. The zero-order valence-electron chi connectivity index (χ0n) is 11.4. The number of rotatable bonds is 5. The summed E-state index contributed by atoms with van der Waals surface area (Å²) >= 11 is 11.9. The molecule has 2 rings (SSSR count). The van der Waals surface area contributed by atoms with Crippen LogP contribution in [0.15, 0.2) is 36.5 Å². The first-order valence-corrected chi connectivity index (χ1v) is 7.18. The lowest BCUT2D eigenvalue weighted by Crippen LogP contribution is -2.18. The minimum Gasteiger partial charge on any atom is -0.454 e. The number of benzene rings is 1. The molecule has 0 saturated heterocycles. The summed E-state index contributed by atoms with van der Waals surface area (Å²) in [5, 5.41) is 4.36. The highest BCUT2D eigenvalue weighted by molar-refractivity contribution is 6.35. The van der Waals surface area contributed by atoms with Crippen molar-refractivity contribution in [1.29, 1.82) is 0 Å². The molecule has 1 heterocycles. The van der Waals surface area contributed by atoms with Gasteiger partial charge in [0.1, 0.15) is 11.5 Å². The van der Waals surface area contributed by atoms with Gasteiger partial charge in [-0.25, -0.2) is 0 Å². The van der Waals surface area contributed by atoms with Crippen molar-refractivity contribution in [3.05, 3.63) is 52.3 Å². The maximum absolute atomic E-state index is 6.06. The predicted octanol–water partition coefficient (Wildman–Crippen LogP) is 4.85. The zero-order chi connectivity index (χ0) is 14.5. The predicted molar refractivity (Wildman–Crippen MR) is 82.9 cm³/mol. The highest BCUT2D eigenvalue weighted by Gasteiger charge is 2.07. The summed E-state index contributed by atoms with van der Waals surface area (Å²) < 4.78 is 5.69. The van der Waals surface area contributed by atoms with Crippen LogP contribution in [0.1, 0.15) is 25.6 Å². The lowest BCUT2D eigenvalue weighted by Gasteiger charge is -2.12. The first kappa shape index (κ1) is 15.1. The highest BCUT2D eigenvalue weighted by atomic mass is 35.5. The van der Waals surface area contributed by atoms with E-state index in [1.807, 2.05) is 12.1 Å². The Balaban J connectivity index is 2.10. The Labute approximate surface area is 128 Å². The molecule has 0 radical (unpaired) electrons. The molecule has 0 saturated carbocycles. The SMILES string of the molecule is CCNC(C)c1ccc(Oc2ccc(Cl)cc2Cl)cn1. The van der Waals surface area contributed by atoms with Gasteiger partial charge in [-0.05, 0) is 43.8 Å². The van der Waals surface area contributed by atoms with Gasteiger partial charge in [0.2, 0.25) is 0 Å². The molecule has 0 aliphatic carbocycles. The standard InChI is InChI=1S/C15H16Cl2N2O/c1-3-18-10(2)14-6-5-12(9-19-14)20-15-7-4-11(16)8-13(15)17/h4-10,18H,3H2,1-2H3. The number of hydrogen-bond acceptors (Lipinski definition) is 3. The Morgan fingerprint density at radius 2 is 2.05 bits per heavy atom. The second kappa shape index (κ2) is 6.93. The van der Waals surface area contributed by atoms with Crippen LogP contribution in [0.25, 0.3) is 0 Å². The molecule has 1 N–H and O–H groups in total. The summed E-state index contributed by atoms with van der Waals surface area (Å²) in [6, 6.07) is 9.15. The van der Waals surface area contributed by atoms with E-state index in [1.165, 1.54) is 0 Å². The average Bonchev–Trinajstić information content (AvgIpc) is 2.43. The zero-order valence-corrected chi connectivity index (χ0v) is 12.9. The van der Waals surface area contributed by atoms with Gasteiger partial charge in [-0.1, -0.05) is 30.1 Å². The molecule has 1 aromatic heterocycles. The van der Waals surface area contributed by atoms with E-state index in [9.17, 15) is 0 Å². The van der Waals surface area contributed by atoms with E-state index in [0.717, 1.165) is 12.2 Å². The van der Waals surface area contributed by atoms with Crippen LogP contribution in [0.2, 0.25) is 10.0 Å². The highest BCUT2D eigenvalue weighted by Crippen LogP contribution is 2.31. The number of nitrogens with zero attached hydrogens (tertiary/aromatic N) is 1. The van der Waals surface area contributed by atoms with E-state index in [2.05, 4.69) is 24.1 Å². The fraction of sp³-hybridized carbons (Fsp3) is 0.267. The number of hydrogen-bond donors (Lipinski definition) is 1. The lowest BCUT2D eigenvalue weighted by atomic mass is 10.2. The van der Waals surface area contributed by atoms with Crippen molar-refractivity contribution in [1.82, 2.24) is 10.3 Å². The van der Waals surface area contributed by atoms with Crippen LogP contribution in [-0.4, -0.2) is 11.5 Å². The van der Waals surface area contributed by atoms with Crippen molar-refractivity contribution < 1.29 is 4.74 Å². The summed E-state index contributed by atoms with van der Waals surface area (Å²) in [5.41, 5.74) is 0.974. The largest absolute Gasteiger partial charge is 0.454 e. The number of aromatic nitrogens is 1. The smallest absolute Gasteiger partial charge is 0.146 e. The average molecular weight is 311 g/mol. The van der Waals surface area contributed by atoms with Gasteiger partial charge in [0.15, 0.2) is 0 Å². The fourth-order valence-corrected chi connectivity index (χ4v) is 2.25. The number of ether oxygens (including phenoxy) is 1. The molecule has 0 aliphatic rings. The van der Waals surface area contributed by atoms with E-state index in [1.54, 1.807) is 24.4 Å². The number of pyridine rings is 1. The molecule has 20 heavy (non-hydrogen) atoms. The molecule has 0 spiro atoms. The summed E-state index contributed by atoms with van der Waals surface area (Å²) in [4.78, 5) is 4.38. The van der Waals surface area contributed by atoms with Crippen molar-refractivity contribution in [2.24, 2.45) is 0 Å². The van der Waals surface area contributed by atoms with Gasteiger partial charge < -0.3 is 10.1 Å². The number of nitrogens with one attached hydrogen (secondary N) is 1. The molecule has 0 aliphatic heterocycles. The molecule has 1 unspecified atom stereocenters. The second-order valence-electron chi connectivity index (χ2n) is 4.37. The third kappa shape index (κ3) is 3.85.